The number of fused-ring (bicyclic) bond motifs is 1. The second-order valence-corrected chi connectivity index (χ2v) is 8.56. The summed E-state index contributed by atoms with van der Waals surface area (Å²) < 4.78 is 1.31. The van der Waals surface area contributed by atoms with Gasteiger partial charge < -0.3 is 5.32 Å². The van der Waals surface area contributed by atoms with Gasteiger partial charge in [0, 0.05) is 26.7 Å². The van der Waals surface area contributed by atoms with E-state index in [1.807, 2.05) is 0 Å². The Morgan fingerprint density at radius 2 is 1.50 bits per heavy atom. The summed E-state index contributed by atoms with van der Waals surface area (Å²) in [5.41, 5.74) is 6.27. The lowest BCUT2D eigenvalue weighted by Crippen LogP contribution is -2.11. The molecular weight excluding hydrogens is 334 g/mol. The quantitative estimate of drug-likeness (QED) is 0.398. The Morgan fingerprint density at radius 3 is 2.27 bits per heavy atom. The molecule has 1 aromatic heterocycles. The average Bonchev–Trinajstić information content (AvgIpc) is 3.05. The van der Waals surface area contributed by atoms with Crippen molar-refractivity contribution in [1.82, 2.24) is 0 Å². The summed E-state index contributed by atoms with van der Waals surface area (Å²) in [6, 6.07) is 26.0. The molecule has 0 saturated heterocycles. The molecule has 26 heavy (non-hydrogen) atoms. The second-order valence-electron chi connectivity index (χ2n) is 7.65. The predicted octanol–water partition coefficient (Wildman–Crippen LogP) is 7.61. The fourth-order valence-electron chi connectivity index (χ4n) is 3.20. The lowest BCUT2D eigenvalue weighted by atomic mass is 9.85. The second kappa shape index (κ2) is 6.62. The van der Waals surface area contributed by atoms with Crippen molar-refractivity contribution < 1.29 is 0 Å². The van der Waals surface area contributed by atoms with Crippen LogP contribution in [0.15, 0.2) is 78.2 Å². The first-order chi connectivity index (χ1) is 12.5. The van der Waals surface area contributed by atoms with Crippen molar-refractivity contribution in [3.63, 3.8) is 0 Å². The molecule has 3 aromatic carbocycles. The van der Waals surface area contributed by atoms with E-state index < -0.39 is 0 Å². The average molecular weight is 358 g/mol. The van der Waals surface area contributed by atoms with E-state index in [0.717, 1.165) is 5.69 Å². The number of rotatable bonds is 3. The van der Waals surface area contributed by atoms with Crippen LogP contribution in [0.4, 0.5) is 11.4 Å². The Hall–Kier alpha value is -2.58. The van der Waals surface area contributed by atoms with E-state index >= 15 is 0 Å². The monoisotopic (exact) mass is 357 g/mol. The highest BCUT2D eigenvalue weighted by Gasteiger charge is 2.17. The Bertz CT molecular complexity index is 1040. The van der Waals surface area contributed by atoms with E-state index in [1.54, 1.807) is 11.3 Å². The summed E-state index contributed by atoms with van der Waals surface area (Å²) in [7, 11) is 0. The Balaban J connectivity index is 1.83. The van der Waals surface area contributed by atoms with E-state index in [2.05, 4.69) is 104 Å². The van der Waals surface area contributed by atoms with Crippen molar-refractivity contribution in [3.05, 3.63) is 83.7 Å². The predicted molar refractivity (Wildman–Crippen MR) is 116 cm³/mol. The van der Waals surface area contributed by atoms with Crippen LogP contribution < -0.4 is 5.32 Å². The van der Waals surface area contributed by atoms with Crippen molar-refractivity contribution in [2.24, 2.45) is 0 Å². The molecule has 1 N–H and O–H groups in total. The molecule has 0 aliphatic heterocycles. The lowest BCUT2D eigenvalue weighted by Gasteiger charge is -2.22. The summed E-state index contributed by atoms with van der Waals surface area (Å²) in [5, 5.41) is 7.16. The normalized spacial score (nSPS) is 11.7. The van der Waals surface area contributed by atoms with Crippen LogP contribution in [0.2, 0.25) is 0 Å². The molecule has 0 radical (unpaired) electrons. The van der Waals surface area contributed by atoms with Crippen molar-refractivity contribution in [1.29, 1.82) is 0 Å². The summed E-state index contributed by atoms with van der Waals surface area (Å²) in [6.07, 6.45) is 0. The van der Waals surface area contributed by atoms with Gasteiger partial charge in [-0.3, -0.25) is 0 Å². The van der Waals surface area contributed by atoms with Crippen LogP contribution in [0.1, 0.15) is 26.3 Å². The van der Waals surface area contributed by atoms with Gasteiger partial charge in [-0.25, -0.2) is 0 Å². The maximum Gasteiger partial charge on any atom is 0.0573 e. The molecule has 0 aliphatic carbocycles. The molecule has 0 bridgehead atoms. The summed E-state index contributed by atoms with van der Waals surface area (Å²) in [6.45, 7) is 6.78. The molecule has 0 fully saturated rings. The molecule has 1 heterocycles. The summed E-state index contributed by atoms with van der Waals surface area (Å²) in [4.78, 5) is 0. The van der Waals surface area contributed by atoms with Gasteiger partial charge in [-0.2, -0.15) is 0 Å². The lowest BCUT2D eigenvalue weighted by molar-refractivity contribution is 0.590. The molecule has 1 nitrogen and oxygen atoms in total. The fourth-order valence-corrected chi connectivity index (χ4v) is 4.09. The molecule has 0 unspecified atom stereocenters. The third-order valence-corrected chi connectivity index (χ3v) is 5.68. The van der Waals surface area contributed by atoms with Crippen LogP contribution >= 0.6 is 11.3 Å². The molecule has 2 heteroatoms. The van der Waals surface area contributed by atoms with Crippen LogP contribution in [0.25, 0.3) is 21.2 Å². The number of hydrogen-bond donors (Lipinski definition) is 1. The third kappa shape index (κ3) is 3.25. The SMILES string of the molecule is CC(C)(C)c1ccc(Nc2csc3ccccc23)c(-c2ccccc2)c1. The van der Waals surface area contributed by atoms with Gasteiger partial charge in [0.25, 0.3) is 0 Å². The molecular formula is C24H23NS. The van der Waals surface area contributed by atoms with Crippen molar-refractivity contribution in [3.8, 4) is 11.1 Å². The zero-order valence-electron chi connectivity index (χ0n) is 15.4. The number of nitrogens with one attached hydrogen (secondary N) is 1. The van der Waals surface area contributed by atoms with Crippen LogP contribution in [-0.2, 0) is 5.41 Å². The van der Waals surface area contributed by atoms with Gasteiger partial charge in [-0.1, -0.05) is 75.4 Å². The van der Waals surface area contributed by atoms with Gasteiger partial charge in [0.15, 0.2) is 0 Å². The van der Waals surface area contributed by atoms with Gasteiger partial charge in [-0.15, -0.1) is 11.3 Å². The standard InChI is InChI=1S/C24H23NS/c1-24(2,3)18-13-14-21(20(15-18)17-9-5-4-6-10-17)25-22-16-26-23-12-8-7-11-19(22)23/h4-16,25H,1-3H3. The van der Waals surface area contributed by atoms with Crippen LogP contribution in [0.3, 0.4) is 0 Å². The number of hydrogen-bond acceptors (Lipinski definition) is 2. The topological polar surface area (TPSA) is 12.0 Å². The first-order valence-corrected chi connectivity index (χ1v) is 9.83. The van der Waals surface area contributed by atoms with Gasteiger partial charge >= 0.3 is 0 Å². The van der Waals surface area contributed by atoms with Gasteiger partial charge in [0.2, 0.25) is 0 Å². The number of anilines is 2. The highest BCUT2D eigenvalue weighted by Crippen LogP contribution is 2.38. The van der Waals surface area contributed by atoms with E-state index in [1.165, 1.54) is 32.5 Å². The molecule has 4 aromatic rings. The zero-order chi connectivity index (χ0) is 18.1. The Kier molecular flexibility index (Phi) is 4.29. The molecule has 0 saturated carbocycles. The smallest absolute Gasteiger partial charge is 0.0573 e. The zero-order valence-corrected chi connectivity index (χ0v) is 16.2. The van der Waals surface area contributed by atoms with Crippen molar-refractivity contribution >= 4 is 32.8 Å². The molecule has 4 rings (SSSR count). The third-order valence-electron chi connectivity index (χ3n) is 4.72. The minimum absolute atomic E-state index is 0.122. The van der Waals surface area contributed by atoms with E-state index in [9.17, 15) is 0 Å². The number of thiophene rings is 1. The Labute approximate surface area is 159 Å². The summed E-state index contributed by atoms with van der Waals surface area (Å²) in [5.74, 6) is 0. The van der Waals surface area contributed by atoms with E-state index in [4.69, 9.17) is 0 Å². The van der Waals surface area contributed by atoms with Crippen LogP contribution in [-0.4, -0.2) is 0 Å². The van der Waals surface area contributed by atoms with E-state index in [-0.39, 0.29) is 5.41 Å². The molecule has 130 valence electrons. The number of benzene rings is 3. The van der Waals surface area contributed by atoms with E-state index in [0.29, 0.717) is 0 Å². The minimum atomic E-state index is 0.122. The maximum atomic E-state index is 3.68. The largest absolute Gasteiger partial charge is 0.354 e. The van der Waals surface area contributed by atoms with Gasteiger partial charge in [-0.05, 0) is 34.7 Å². The fraction of sp³-hybridized carbons (Fsp3) is 0.167. The van der Waals surface area contributed by atoms with Gasteiger partial charge in [0.05, 0.1) is 5.69 Å². The van der Waals surface area contributed by atoms with Gasteiger partial charge in [0.1, 0.15) is 0 Å². The first-order valence-electron chi connectivity index (χ1n) is 8.95. The van der Waals surface area contributed by atoms with Crippen molar-refractivity contribution in [2.45, 2.75) is 26.2 Å². The summed E-state index contributed by atoms with van der Waals surface area (Å²) >= 11 is 1.78. The molecule has 0 aliphatic rings. The highest BCUT2D eigenvalue weighted by atomic mass is 32.1. The Morgan fingerprint density at radius 1 is 0.769 bits per heavy atom. The van der Waals surface area contributed by atoms with Crippen LogP contribution in [0.5, 0.6) is 0 Å². The highest BCUT2D eigenvalue weighted by molar-refractivity contribution is 7.17. The first kappa shape index (κ1) is 16.9. The maximum absolute atomic E-state index is 3.68. The van der Waals surface area contributed by atoms with Crippen LogP contribution in [0, 0.1) is 0 Å². The molecule has 0 amide bonds. The molecule has 0 spiro atoms. The minimum Gasteiger partial charge on any atom is -0.354 e. The van der Waals surface area contributed by atoms with Crippen molar-refractivity contribution in [2.75, 3.05) is 5.32 Å². The molecule has 0 atom stereocenters.